The smallest absolute Gasteiger partial charge is 0.345 e. The van der Waals surface area contributed by atoms with Gasteiger partial charge in [-0.15, -0.1) is 16.5 Å². The van der Waals surface area contributed by atoms with Crippen molar-refractivity contribution in [2.75, 3.05) is 32.7 Å². The summed E-state index contributed by atoms with van der Waals surface area (Å²) in [7, 11) is 1.34. The van der Waals surface area contributed by atoms with Crippen molar-refractivity contribution in [1.82, 2.24) is 9.91 Å². The van der Waals surface area contributed by atoms with Crippen molar-refractivity contribution in [2.45, 2.75) is 56.7 Å². The fraction of sp³-hybridized carbons (Fsp3) is 0.938. The average molecular weight is 444 g/mol. The summed E-state index contributed by atoms with van der Waals surface area (Å²) in [4.78, 5) is 24.3. The van der Waals surface area contributed by atoms with Crippen LogP contribution in [0.15, 0.2) is 5.29 Å². The molecule has 0 radical (unpaired) electrons. The number of carbonyl (C=O) groups excluding carboxylic acids is 1. The quantitative estimate of drug-likeness (QED) is 0.120. The molecule has 1 aliphatic rings. The number of rotatable bonds is 10. The minimum atomic E-state index is -2.28. The van der Waals surface area contributed by atoms with Gasteiger partial charge in [0.05, 0.1) is 18.4 Å². The fourth-order valence-electron chi connectivity index (χ4n) is 3.12. The van der Waals surface area contributed by atoms with E-state index in [1.54, 1.807) is 13.8 Å². The number of nitroso groups, excluding NO2 is 1. The van der Waals surface area contributed by atoms with Crippen LogP contribution in [0.3, 0.4) is 0 Å². The lowest BCUT2D eigenvalue weighted by atomic mass is 9.87. The fourth-order valence-corrected chi connectivity index (χ4v) is 3.28. The SMILES string of the molecule is COCCN(C(=O)N(CCCl)N=O)C(O)[C@H]1O[C@@](O)(CC(C)C)[C@H](O)[C@@H](O)[C@@H]1O. The van der Waals surface area contributed by atoms with Crippen LogP contribution in [-0.4, -0.2) is 111 Å². The van der Waals surface area contributed by atoms with E-state index in [2.05, 4.69) is 5.29 Å². The zero-order chi connectivity index (χ0) is 22.4. The summed E-state index contributed by atoms with van der Waals surface area (Å²) in [6.45, 7) is 2.92. The van der Waals surface area contributed by atoms with Gasteiger partial charge in [0.25, 0.3) is 0 Å². The number of ether oxygens (including phenoxy) is 2. The van der Waals surface area contributed by atoms with Gasteiger partial charge in [0.2, 0.25) is 0 Å². The molecule has 1 heterocycles. The molecular weight excluding hydrogens is 414 g/mol. The van der Waals surface area contributed by atoms with Crippen molar-refractivity contribution < 1.29 is 39.8 Å². The molecule has 5 N–H and O–H groups in total. The lowest BCUT2D eigenvalue weighted by molar-refractivity contribution is -0.367. The molecule has 0 aromatic carbocycles. The number of nitrogens with zero attached hydrogens (tertiary/aromatic N) is 3. The molecule has 2 amide bonds. The van der Waals surface area contributed by atoms with E-state index < -0.39 is 42.5 Å². The van der Waals surface area contributed by atoms with Gasteiger partial charge in [-0.3, -0.25) is 4.90 Å². The van der Waals surface area contributed by atoms with E-state index in [-0.39, 0.29) is 37.9 Å². The number of amides is 2. The molecule has 170 valence electrons. The standard InChI is InChI=1S/C16H30ClN3O9/c1-9(2)8-16(26)13(23)11(22)10(21)12(29-16)14(24)19(6-7-28-3)15(25)20(18-27)5-4-17/h9-14,21-24,26H,4-8H2,1-3H3/t10-,11-,12-,13+,14?,16-/m0/s1. The van der Waals surface area contributed by atoms with E-state index in [1.165, 1.54) is 7.11 Å². The summed E-state index contributed by atoms with van der Waals surface area (Å²) in [5, 5.41) is 55.1. The Labute approximate surface area is 173 Å². The molecule has 29 heavy (non-hydrogen) atoms. The van der Waals surface area contributed by atoms with Gasteiger partial charge in [0, 0.05) is 26.0 Å². The maximum Gasteiger partial charge on any atom is 0.345 e. The Kier molecular flexibility index (Phi) is 10.1. The molecule has 0 aliphatic carbocycles. The molecule has 0 aromatic rings. The number of carbonyl (C=O) groups is 1. The molecule has 1 aliphatic heterocycles. The van der Waals surface area contributed by atoms with E-state index in [4.69, 9.17) is 21.1 Å². The van der Waals surface area contributed by atoms with Gasteiger partial charge in [0.15, 0.2) is 12.0 Å². The van der Waals surface area contributed by atoms with E-state index in [0.717, 1.165) is 4.90 Å². The zero-order valence-corrected chi connectivity index (χ0v) is 17.3. The molecule has 1 saturated heterocycles. The minimum Gasteiger partial charge on any atom is -0.387 e. The Morgan fingerprint density at radius 1 is 1.28 bits per heavy atom. The van der Waals surface area contributed by atoms with Gasteiger partial charge in [-0.25, -0.2) is 4.79 Å². The van der Waals surface area contributed by atoms with Crippen LogP contribution in [0, 0.1) is 10.8 Å². The van der Waals surface area contributed by atoms with Gasteiger partial charge in [-0.05, 0) is 5.92 Å². The van der Waals surface area contributed by atoms with Crippen molar-refractivity contribution in [3.05, 3.63) is 4.91 Å². The highest BCUT2D eigenvalue weighted by Gasteiger charge is 2.55. The van der Waals surface area contributed by atoms with Crippen molar-refractivity contribution >= 4 is 17.6 Å². The van der Waals surface area contributed by atoms with E-state index >= 15 is 0 Å². The third-order valence-electron chi connectivity index (χ3n) is 4.52. The van der Waals surface area contributed by atoms with E-state index in [0.29, 0.717) is 5.01 Å². The minimum absolute atomic E-state index is 0.0549. The number of hydrogen-bond donors (Lipinski definition) is 5. The predicted octanol–water partition coefficient (Wildman–Crippen LogP) is -1.19. The second-order valence-electron chi connectivity index (χ2n) is 7.23. The zero-order valence-electron chi connectivity index (χ0n) is 16.6. The van der Waals surface area contributed by atoms with Crippen LogP contribution in [0.5, 0.6) is 0 Å². The van der Waals surface area contributed by atoms with Crippen LogP contribution >= 0.6 is 11.6 Å². The highest BCUT2D eigenvalue weighted by Crippen LogP contribution is 2.34. The molecule has 1 unspecified atom stereocenters. The average Bonchev–Trinajstić information content (AvgIpc) is 2.66. The summed E-state index contributed by atoms with van der Waals surface area (Å²) in [5.74, 6) is -2.57. The van der Waals surface area contributed by atoms with Crippen LogP contribution in [-0.2, 0) is 9.47 Å². The molecule has 0 spiro atoms. The van der Waals surface area contributed by atoms with Gasteiger partial charge in [-0.1, -0.05) is 13.8 Å². The third kappa shape index (κ3) is 6.18. The molecule has 0 aromatic heterocycles. The molecule has 0 saturated carbocycles. The number of aliphatic hydroxyl groups excluding tert-OH is 4. The van der Waals surface area contributed by atoms with Crippen molar-refractivity contribution in [2.24, 2.45) is 11.2 Å². The largest absolute Gasteiger partial charge is 0.387 e. The Balaban J connectivity index is 3.18. The van der Waals surface area contributed by atoms with Crippen molar-refractivity contribution in [3.8, 4) is 0 Å². The molecular formula is C16H30ClN3O9. The molecule has 6 atom stereocenters. The lowest BCUT2D eigenvalue weighted by Crippen LogP contribution is -2.69. The Hall–Kier alpha value is -1.12. The summed E-state index contributed by atoms with van der Waals surface area (Å²) < 4.78 is 10.3. The second-order valence-corrected chi connectivity index (χ2v) is 7.61. The van der Waals surface area contributed by atoms with Crippen LogP contribution in [0.2, 0.25) is 0 Å². The first kappa shape index (κ1) is 25.9. The maximum atomic E-state index is 12.6. The molecule has 1 rings (SSSR count). The van der Waals surface area contributed by atoms with Crippen LogP contribution in [0.4, 0.5) is 4.79 Å². The van der Waals surface area contributed by atoms with Gasteiger partial charge in [0.1, 0.15) is 24.4 Å². The number of urea groups is 1. The monoisotopic (exact) mass is 443 g/mol. The number of alkyl halides is 1. The van der Waals surface area contributed by atoms with E-state index in [9.17, 15) is 35.2 Å². The van der Waals surface area contributed by atoms with Crippen LogP contribution in [0.1, 0.15) is 20.3 Å². The van der Waals surface area contributed by atoms with Crippen LogP contribution < -0.4 is 0 Å². The number of aliphatic hydroxyl groups is 5. The first-order valence-electron chi connectivity index (χ1n) is 9.12. The maximum absolute atomic E-state index is 12.6. The second kappa shape index (κ2) is 11.3. The first-order chi connectivity index (χ1) is 13.5. The lowest BCUT2D eigenvalue weighted by Gasteiger charge is -2.49. The molecule has 12 nitrogen and oxygen atoms in total. The highest BCUT2D eigenvalue weighted by atomic mass is 35.5. The van der Waals surface area contributed by atoms with Crippen molar-refractivity contribution in [1.29, 1.82) is 0 Å². The predicted molar refractivity (Wildman–Crippen MR) is 101 cm³/mol. The first-order valence-corrected chi connectivity index (χ1v) is 9.66. The molecule has 1 fully saturated rings. The summed E-state index contributed by atoms with van der Waals surface area (Å²) in [6, 6.07) is -1.05. The Morgan fingerprint density at radius 2 is 1.90 bits per heavy atom. The van der Waals surface area contributed by atoms with Gasteiger partial charge >= 0.3 is 6.03 Å². The topological polar surface area (TPSA) is 173 Å². The Morgan fingerprint density at radius 3 is 2.38 bits per heavy atom. The normalized spacial score (nSPS) is 30.8. The van der Waals surface area contributed by atoms with Crippen LogP contribution in [0.25, 0.3) is 0 Å². The third-order valence-corrected chi connectivity index (χ3v) is 4.69. The summed E-state index contributed by atoms with van der Waals surface area (Å²) in [5.41, 5.74) is 0. The summed E-state index contributed by atoms with van der Waals surface area (Å²) in [6.07, 6.45) is -9.32. The molecule has 0 bridgehead atoms. The van der Waals surface area contributed by atoms with E-state index in [1.807, 2.05) is 0 Å². The summed E-state index contributed by atoms with van der Waals surface area (Å²) >= 11 is 5.54. The van der Waals surface area contributed by atoms with Gasteiger partial charge in [-0.2, -0.15) is 5.01 Å². The Bertz CT molecular complexity index is 544. The number of halogens is 1. The highest BCUT2D eigenvalue weighted by molar-refractivity contribution is 6.18. The number of methoxy groups -OCH3 is 1. The van der Waals surface area contributed by atoms with Crippen molar-refractivity contribution in [3.63, 3.8) is 0 Å². The molecule has 13 heteroatoms. The van der Waals surface area contributed by atoms with Gasteiger partial charge < -0.3 is 35.0 Å². The number of hydrogen-bond acceptors (Lipinski definition) is 10.